The van der Waals surface area contributed by atoms with Crippen molar-refractivity contribution in [1.29, 1.82) is 0 Å². The van der Waals surface area contributed by atoms with Crippen molar-refractivity contribution >= 4 is 0 Å². The number of hydrogen-bond acceptors (Lipinski definition) is 1. The molecule has 0 aliphatic carbocycles. The first kappa shape index (κ1) is 39.2. The second-order valence-electron chi connectivity index (χ2n) is 11.2. The number of benzene rings is 2. The molecule has 0 bridgehead atoms. The topological polar surface area (TPSA) is 9.23 Å². The average molecular weight is 555 g/mol. The van der Waals surface area contributed by atoms with E-state index < -0.39 is 0 Å². The van der Waals surface area contributed by atoms with Gasteiger partial charge in [-0.15, -0.1) is 0 Å². The Kier molecular flexibility index (Phi) is 28.5. The van der Waals surface area contributed by atoms with Crippen LogP contribution in [0, 0.1) is 0 Å². The minimum absolute atomic E-state index is 0. The van der Waals surface area contributed by atoms with Gasteiger partial charge in [-0.3, -0.25) is 0 Å². The van der Waals surface area contributed by atoms with Crippen LogP contribution in [0.15, 0.2) is 48.5 Å². The largest absolute Gasteiger partial charge is 1.00 e. The molecule has 0 aliphatic heterocycles. The van der Waals surface area contributed by atoms with Crippen LogP contribution in [0.5, 0.6) is 11.5 Å². The summed E-state index contributed by atoms with van der Waals surface area (Å²) in [4.78, 5) is 0. The van der Waals surface area contributed by atoms with E-state index in [0.29, 0.717) is 0 Å². The fourth-order valence-corrected chi connectivity index (χ4v) is 5.43. The fraction of sp³-hybridized carbons (Fsp3) is 0.667. The Bertz CT molecular complexity index is 788. The summed E-state index contributed by atoms with van der Waals surface area (Å²) >= 11 is 0. The minimum Gasteiger partial charge on any atom is -1.00 e. The predicted molar refractivity (Wildman–Crippen MR) is 166 cm³/mol. The predicted octanol–water partition coefficient (Wildman–Crippen LogP) is 6.64. The van der Waals surface area contributed by atoms with Gasteiger partial charge < -0.3 is 7.59 Å². The van der Waals surface area contributed by atoms with Gasteiger partial charge in [0.1, 0.15) is 11.5 Å². The van der Waals surface area contributed by atoms with Crippen LogP contribution >= 0.6 is 0 Å². The smallest absolute Gasteiger partial charge is 1.00 e. The molecule has 0 spiro atoms. The SMILES string of the molecule is CCCCCCCCCCCCc1cccc(Oc2ccccc2)c1CCCCCCCCCCCC.[H-].[H-].[Na+].[Na+]. The van der Waals surface area contributed by atoms with Crippen molar-refractivity contribution in [1.82, 2.24) is 0 Å². The zero-order chi connectivity index (χ0) is 26.2. The Hall–Kier alpha value is 0.240. The molecule has 0 saturated heterocycles. The second-order valence-corrected chi connectivity index (χ2v) is 11.2. The van der Waals surface area contributed by atoms with Gasteiger partial charge in [0.05, 0.1) is 0 Å². The van der Waals surface area contributed by atoms with E-state index in [-0.39, 0.29) is 62.0 Å². The summed E-state index contributed by atoms with van der Waals surface area (Å²) in [5.74, 6) is 2.02. The minimum atomic E-state index is 0. The molecule has 2 aromatic rings. The standard InChI is InChI=1S/C36H58O.2Na.2H/c1-3-5-7-9-11-13-15-17-19-22-27-33-28-26-32-36(37-34-29-23-21-24-30-34)35(33)31-25-20-18-16-14-12-10-8-6-4-2;;;;/h21,23-24,26,28-30,32H,3-20,22,25,27,31H2,1-2H3;;;;/q;2*+1;2*-1. The van der Waals surface area contributed by atoms with Crippen LogP contribution in [-0.4, -0.2) is 0 Å². The number of unbranched alkanes of at least 4 members (excludes halogenated alkanes) is 18. The molecular weight excluding hydrogens is 494 g/mol. The van der Waals surface area contributed by atoms with Crippen molar-refractivity contribution in [2.24, 2.45) is 0 Å². The normalized spacial score (nSPS) is 10.6. The summed E-state index contributed by atoms with van der Waals surface area (Å²) < 4.78 is 6.39. The monoisotopic (exact) mass is 554 g/mol. The van der Waals surface area contributed by atoms with Gasteiger partial charge in [-0.25, -0.2) is 0 Å². The quantitative estimate of drug-likeness (QED) is 0.104. The molecule has 212 valence electrons. The Morgan fingerprint density at radius 2 is 0.897 bits per heavy atom. The molecule has 0 radical (unpaired) electrons. The third-order valence-corrected chi connectivity index (χ3v) is 7.78. The van der Waals surface area contributed by atoms with E-state index in [1.54, 1.807) is 0 Å². The van der Waals surface area contributed by atoms with Crippen LogP contribution in [0.4, 0.5) is 0 Å². The Balaban J connectivity index is -0.00000361. The third kappa shape index (κ3) is 19.9. The molecule has 1 nitrogen and oxygen atoms in total. The van der Waals surface area contributed by atoms with Gasteiger partial charge in [0.15, 0.2) is 0 Å². The van der Waals surface area contributed by atoms with Crippen LogP contribution in [0.25, 0.3) is 0 Å². The van der Waals surface area contributed by atoms with Gasteiger partial charge in [-0.1, -0.05) is 160 Å². The molecule has 0 atom stereocenters. The summed E-state index contributed by atoms with van der Waals surface area (Å²) in [5.41, 5.74) is 2.98. The number of aryl methyl sites for hydroxylation is 1. The molecule has 0 N–H and O–H groups in total. The van der Waals surface area contributed by atoms with E-state index in [1.165, 1.54) is 146 Å². The molecule has 0 saturated carbocycles. The molecule has 0 unspecified atom stereocenters. The molecule has 0 aromatic heterocycles. The molecule has 2 aromatic carbocycles. The maximum Gasteiger partial charge on any atom is 1.00 e. The van der Waals surface area contributed by atoms with Crippen LogP contribution in [-0.2, 0) is 12.8 Å². The first-order chi connectivity index (χ1) is 18.3. The molecule has 3 heteroatoms. The Morgan fingerprint density at radius 1 is 0.462 bits per heavy atom. The van der Waals surface area contributed by atoms with Crippen LogP contribution < -0.4 is 63.9 Å². The summed E-state index contributed by atoms with van der Waals surface area (Å²) in [6.45, 7) is 4.60. The van der Waals surface area contributed by atoms with Crippen molar-refractivity contribution in [3.05, 3.63) is 59.7 Å². The summed E-state index contributed by atoms with van der Waals surface area (Å²) in [5, 5.41) is 0. The number of ether oxygens (including phenoxy) is 1. The summed E-state index contributed by atoms with van der Waals surface area (Å²) in [6.07, 6.45) is 30.1. The first-order valence-electron chi connectivity index (χ1n) is 16.2. The van der Waals surface area contributed by atoms with E-state index in [9.17, 15) is 0 Å². The maximum absolute atomic E-state index is 6.39. The molecule has 39 heavy (non-hydrogen) atoms. The van der Waals surface area contributed by atoms with Crippen LogP contribution in [0.2, 0.25) is 0 Å². The van der Waals surface area contributed by atoms with E-state index >= 15 is 0 Å². The van der Waals surface area contributed by atoms with Crippen molar-refractivity contribution in [2.45, 2.75) is 155 Å². The molecule has 0 amide bonds. The van der Waals surface area contributed by atoms with E-state index in [0.717, 1.165) is 17.9 Å². The molecule has 0 heterocycles. The van der Waals surface area contributed by atoms with Gasteiger partial charge >= 0.3 is 59.1 Å². The van der Waals surface area contributed by atoms with Crippen molar-refractivity contribution in [3.8, 4) is 11.5 Å². The van der Waals surface area contributed by atoms with E-state index in [4.69, 9.17) is 4.74 Å². The molecular formula is C36H60Na2O. The first-order valence-corrected chi connectivity index (χ1v) is 16.2. The van der Waals surface area contributed by atoms with Gasteiger partial charge in [-0.05, 0) is 55.0 Å². The summed E-state index contributed by atoms with van der Waals surface area (Å²) in [6, 6.07) is 17.1. The van der Waals surface area contributed by atoms with Crippen molar-refractivity contribution < 1.29 is 66.7 Å². The van der Waals surface area contributed by atoms with Crippen LogP contribution in [0.3, 0.4) is 0 Å². The zero-order valence-electron chi connectivity index (χ0n) is 28.6. The second kappa shape index (κ2) is 28.4. The van der Waals surface area contributed by atoms with Gasteiger partial charge in [-0.2, -0.15) is 0 Å². The molecule has 2 rings (SSSR count). The number of hydrogen-bond donors (Lipinski definition) is 0. The fourth-order valence-electron chi connectivity index (χ4n) is 5.43. The van der Waals surface area contributed by atoms with Gasteiger partial charge in [0.2, 0.25) is 0 Å². The number of rotatable bonds is 24. The van der Waals surface area contributed by atoms with Crippen molar-refractivity contribution in [3.63, 3.8) is 0 Å². The average Bonchev–Trinajstić information content (AvgIpc) is 2.92. The van der Waals surface area contributed by atoms with Gasteiger partial charge in [0, 0.05) is 0 Å². The van der Waals surface area contributed by atoms with Gasteiger partial charge in [0.25, 0.3) is 0 Å². The molecule has 0 aliphatic rings. The zero-order valence-corrected chi connectivity index (χ0v) is 30.6. The van der Waals surface area contributed by atoms with Crippen molar-refractivity contribution in [2.75, 3.05) is 0 Å². The van der Waals surface area contributed by atoms with E-state index in [1.807, 2.05) is 0 Å². The van der Waals surface area contributed by atoms with Crippen LogP contribution in [0.1, 0.15) is 156 Å². The maximum atomic E-state index is 6.39. The number of para-hydroxylation sites is 1. The Morgan fingerprint density at radius 3 is 1.38 bits per heavy atom. The van der Waals surface area contributed by atoms with E-state index in [2.05, 4.69) is 62.4 Å². The third-order valence-electron chi connectivity index (χ3n) is 7.78. The molecule has 0 fully saturated rings. The summed E-state index contributed by atoms with van der Waals surface area (Å²) in [7, 11) is 0. The Labute approximate surface area is 290 Å².